The van der Waals surface area contributed by atoms with Gasteiger partial charge in [0.25, 0.3) is 0 Å². The van der Waals surface area contributed by atoms with Gasteiger partial charge in [-0.15, -0.1) is 0 Å². The van der Waals surface area contributed by atoms with E-state index in [0.29, 0.717) is 6.29 Å². The van der Waals surface area contributed by atoms with Gasteiger partial charge >= 0.3 is 0 Å². The lowest BCUT2D eigenvalue weighted by molar-refractivity contribution is 0.112. The molecule has 2 N–H and O–H groups in total. The molecular formula is C7H5ClFNO. The molecule has 0 amide bonds. The van der Waals surface area contributed by atoms with Crippen LogP contribution in [0.1, 0.15) is 10.4 Å². The average molecular weight is 174 g/mol. The Hall–Kier alpha value is -1.09. The molecule has 0 atom stereocenters. The molecule has 0 heterocycles. The number of nitrogens with two attached hydrogens (primary N) is 1. The molecule has 0 unspecified atom stereocenters. The zero-order valence-corrected chi connectivity index (χ0v) is 6.23. The molecule has 0 aliphatic heterocycles. The van der Waals surface area contributed by atoms with Crippen molar-refractivity contribution in [2.75, 3.05) is 5.73 Å². The van der Waals surface area contributed by atoms with Crippen LogP contribution in [0, 0.1) is 5.82 Å². The quantitative estimate of drug-likeness (QED) is 0.521. The third-order valence-electron chi connectivity index (χ3n) is 1.24. The highest BCUT2D eigenvalue weighted by Gasteiger charge is 2.04. The van der Waals surface area contributed by atoms with Gasteiger partial charge in [0, 0.05) is 5.56 Å². The lowest BCUT2D eigenvalue weighted by Crippen LogP contribution is -1.93. The average Bonchev–Trinajstić information content (AvgIpc) is 1.99. The van der Waals surface area contributed by atoms with Gasteiger partial charge in [0.05, 0.1) is 10.7 Å². The molecule has 1 aromatic rings. The molecule has 0 spiro atoms. The van der Waals surface area contributed by atoms with Crippen LogP contribution in [0.15, 0.2) is 12.1 Å². The van der Waals surface area contributed by atoms with Crippen molar-refractivity contribution in [3.8, 4) is 0 Å². The number of carbonyl (C=O) groups excluding carboxylic acids is 1. The summed E-state index contributed by atoms with van der Waals surface area (Å²) in [4.78, 5) is 10.2. The van der Waals surface area contributed by atoms with Crippen LogP contribution in [0.4, 0.5) is 10.1 Å². The Morgan fingerprint density at radius 2 is 2.18 bits per heavy atom. The predicted octanol–water partition coefficient (Wildman–Crippen LogP) is 1.87. The van der Waals surface area contributed by atoms with E-state index in [1.807, 2.05) is 0 Å². The van der Waals surface area contributed by atoms with Gasteiger partial charge in [-0.3, -0.25) is 4.79 Å². The molecule has 0 saturated heterocycles. The molecule has 0 bridgehead atoms. The van der Waals surface area contributed by atoms with E-state index in [1.165, 1.54) is 6.07 Å². The minimum absolute atomic E-state index is 0.0621. The molecule has 0 aromatic heterocycles. The number of benzene rings is 1. The Morgan fingerprint density at radius 3 is 2.64 bits per heavy atom. The molecule has 0 aliphatic rings. The monoisotopic (exact) mass is 173 g/mol. The smallest absolute Gasteiger partial charge is 0.150 e. The highest BCUT2D eigenvalue weighted by Crippen LogP contribution is 2.22. The van der Waals surface area contributed by atoms with Crippen LogP contribution in [-0.4, -0.2) is 6.29 Å². The first kappa shape index (κ1) is 8.01. The molecule has 4 heteroatoms. The Kier molecular flexibility index (Phi) is 2.10. The molecule has 1 rings (SSSR count). The molecule has 0 saturated carbocycles. The minimum Gasteiger partial charge on any atom is -0.395 e. The summed E-state index contributed by atoms with van der Waals surface area (Å²) in [6.07, 6.45) is 0.508. The molecule has 2 nitrogen and oxygen atoms in total. The topological polar surface area (TPSA) is 43.1 Å². The van der Waals surface area contributed by atoms with E-state index in [-0.39, 0.29) is 16.3 Å². The van der Waals surface area contributed by atoms with Gasteiger partial charge in [0.2, 0.25) is 0 Å². The summed E-state index contributed by atoms with van der Waals surface area (Å²) in [7, 11) is 0. The number of nitrogen functional groups attached to an aromatic ring is 1. The highest BCUT2D eigenvalue weighted by molar-refractivity contribution is 6.33. The summed E-state index contributed by atoms with van der Waals surface area (Å²) >= 11 is 5.47. The largest absolute Gasteiger partial charge is 0.395 e. The summed E-state index contributed by atoms with van der Waals surface area (Å²) in [6, 6.07) is 2.35. The van der Waals surface area contributed by atoms with Crippen molar-refractivity contribution in [3.05, 3.63) is 28.5 Å². The Labute approximate surface area is 67.8 Å². The fourth-order valence-corrected chi connectivity index (χ4v) is 0.888. The van der Waals surface area contributed by atoms with E-state index < -0.39 is 5.82 Å². The maximum Gasteiger partial charge on any atom is 0.150 e. The minimum atomic E-state index is -0.667. The number of aldehydes is 1. The third kappa shape index (κ3) is 1.49. The SMILES string of the molecule is Nc1c(F)cc(C=O)cc1Cl. The van der Waals surface area contributed by atoms with Crippen molar-refractivity contribution in [3.63, 3.8) is 0 Å². The lowest BCUT2D eigenvalue weighted by atomic mass is 10.2. The van der Waals surface area contributed by atoms with Gasteiger partial charge < -0.3 is 5.73 Å². The number of halogens is 2. The van der Waals surface area contributed by atoms with Crippen LogP contribution in [0.3, 0.4) is 0 Å². The Morgan fingerprint density at radius 1 is 1.55 bits per heavy atom. The Bertz CT molecular complexity index is 277. The number of hydrogen-bond donors (Lipinski definition) is 1. The standard InChI is InChI=1S/C7H5ClFNO/c8-5-1-4(3-11)2-6(9)7(5)10/h1-3H,10H2. The van der Waals surface area contributed by atoms with Crippen molar-refractivity contribution < 1.29 is 9.18 Å². The summed E-state index contributed by atoms with van der Waals surface area (Å²) in [6.45, 7) is 0. The molecule has 58 valence electrons. The number of carbonyl (C=O) groups is 1. The van der Waals surface area contributed by atoms with E-state index in [4.69, 9.17) is 17.3 Å². The molecule has 0 radical (unpaired) electrons. The normalized spacial score (nSPS) is 9.64. The van der Waals surface area contributed by atoms with Crippen LogP contribution in [-0.2, 0) is 0 Å². The molecule has 1 aromatic carbocycles. The maximum absolute atomic E-state index is 12.7. The van der Waals surface area contributed by atoms with E-state index in [1.54, 1.807) is 0 Å². The highest BCUT2D eigenvalue weighted by atomic mass is 35.5. The lowest BCUT2D eigenvalue weighted by Gasteiger charge is -1.99. The summed E-state index contributed by atoms with van der Waals surface area (Å²) in [5.74, 6) is -0.667. The summed E-state index contributed by atoms with van der Waals surface area (Å²) < 4.78 is 12.7. The molecule has 0 aliphatic carbocycles. The Balaban J connectivity index is 3.31. The first-order valence-corrected chi connectivity index (χ1v) is 3.22. The van der Waals surface area contributed by atoms with Crippen LogP contribution in [0.2, 0.25) is 5.02 Å². The molecular weight excluding hydrogens is 169 g/mol. The first-order valence-electron chi connectivity index (χ1n) is 2.85. The fraction of sp³-hybridized carbons (Fsp3) is 0. The van der Waals surface area contributed by atoms with Gasteiger partial charge in [-0.25, -0.2) is 4.39 Å². The van der Waals surface area contributed by atoms with Gasteiger partial charge in [0.15, 0.2) is 0 Å². The van der Waals surface area contributed by atoms with Crippen molar-refractivity contribution in [1.82, 2.24) is 0 Å². The van der Waals surface area contributed by atoms with Crippen LogP contribution >= 0.6 is 11.6 Å². The van der Waals surface area contributed by atoms with Crippen LogP contribution in [0.5, 0.6) is 0 Å². The zero-order valence-electron chi connectivity index (χ0n) is 5.47. The fourth-order valence-electron chi connectivity index (χ4n) is 0.672. The summed E-state index contributed by atoms with van der Waals surface area (Å²) in [5, 5.41) is 0.0621. The summed E-state index contributed by atoms with van der Waals surface area (Å²) in [5.41, 5.74) is 5.24. The first-order chi connectivity index (χ1) is 5.15. The molecule has 11 heavy (non-hydrogen) atoms. The van der Waals surface area contributed by atoms with Crippen LogP contribution in [0.25, 0.3) is 0 Å². The zero-order chi connectivity index (χ0) is 8.43. The van der Waals surface area contributed by atoms with Crippen molar-refractivity contribution in [2.24, 2.45) is 0 Å². The predicted molar refractivity (Wildman–Crippen MR) is 41.2 cm³/mol. The number of anilines is 1. The molecule has 0 fully saturated rings. The van der Waals surface area contributed by atoms with Crippen molar-refractivity contribution in [1.29, 1.82) is 0 Å². The second-order valence-electron chi connectivity index (χ2n) is 2.02. The van der Waals surface area contributed by atoms with Gasteiger partial charge in [-0.2, -0.15) is 0 Å². The van der Waals surface area contributed by atoms with Gasteiger partial charge in [-0.1, -0.05) is 11.6 Å². The van der Waals surface area contributed by atoms with Crippen LogP contribution < -0.4 is 5.73 Å². The van der Waals surface area contributed by atoms with Gasteiger partial charge in [0.1, 0.15) is 12.1 Å². The number of rotatable bonds is 1. The van der Waals surface area contributed by atoms with E-state index in [9.17, 15) is 9.18 Å². The van der Waals surface area contributed by atoms with Crippen molar-refractivity contribution >= 4 is 23.6 Å². The van der Waals surface area contributed by atoms with E-state index >= 15 is 0 Å². The van der Waals surface area contributed by atoms with E-state index in [0.717, 1.165) is 6.07 Å². The van der Waals surface area contributed by atoms with E-state index in [2.05, 4.69) is 0 Å². The number of hydrogen-bond acceptors (Lipinski definition) is 2. The third-order valence-corrected chi connectivity index (χ3v) is 1.55. The van der Waals surface area contributed by atoms with Gasteiger partial charge in [-0.05, 0) is 12.1 Å². The maximum atomic E-state index is 12.7. The van der Waals surface area contributed by atoms with Crippen molar-refractivity contribution in [2.45, 2.75) is 0 Å². The second kappa shape index (κ2) is 2.88. The second-order valence-corrected chi connectivity index (χ2v) is 2.42.